The molecule has 0 saturated carbocycles. The molecule has 1 heterocycles. The number of benzene rings is 2. The highest BCUT2D eigenvalue weighted by Crippen LogP contribution is 2.18. The van der Waals surface area contributed by atoms with Gasteiger partial charge in [0.15, 0.2) is 5.96 Å². The normalized spacial score (nSPS) is 11.0. The van der Waals surface area contributed by atoms with Crippen molar-refractivity contribution in [1.29, 1.82) is 0 Å². The first-order chi connectivity index (χ1) is 13.8. The largest absolute Gasteiger partial charge is 0.444 e. The Bertz CT molecular complexity index is 854. The number of oxazole rings is 1. The van der Waals surface area contributed by atoms with Crippen molar-refractivity contribution in [3.63, 3.8) is 0 Å². The van der Waals surface area contributed by atoms with Gasteiger partial charge in [0.05, 0.1) is 19.8 Å². The Morgan fingerprint density at radius 2 is 1.76 bits per heavy atom. The van der Waals surface area contributed by atoms with Crippen LogP contribution in [0.4, 0.5) is 0 Å². The van der Waals surface area contributed by atoms with Gasteiger partial charge in [-0.1, -0.05) is 48.5 Å². The molecule has 0 aliphatic carbocycles. The fourth-order valence-corrected chi connectivity index (χ4v) is 2.60. The van der Waals surface area contributed by atoms with Crippen molar-refractivity contribution in [2.75, 3.05) is 19.7 Å². The predicted molar refractivity (Wildman–Crippen MR) is 126 cm³/mol. The van der Waals surface area contributed by atoms with Gasteiger partial charge in [0.25, 0.3) is 0 Å². The van der Waals surface area contributed by atoms with Crippen LogP contribution in [0, 0.1) is 0 Å². The Morgan fingerprint density at radius 1 is 1.03 bits per heavy atom. The number of rotatable bonds is 9. The molecule has 2 aromatic carbocycles. The van der Waals surface area contributed by atoms with E-state index in [9.17, 15) is 0 Å². The van der Waals surface area contributed by atoms with Gasteiger partial charge in [-0.05, 0) is 24.6 Å². The van der Waals surface area contributed by atoms with E-state index >= 15 is 0 Å². The summed E-state index contributed by atoms with van der Waals surface area (Å²) in [6, 6.07) is 20.0. The van der Waals surface area contributed by atoms with Crippen LogP contribution in [-0.2, 0) is 17.9 Å². The summed E-state index contributed by atoms with van der Waals surface area (Å²) in [7, 11) is 0. The van der Waals surface area contributed by atoms with Crippen LogP contribution >= 0.6 is 24.0 Å². The summed E-state index contributed by atoms with van der Waals surface area (Å²) in [5.41, 5.74) is 2.91. The van der Waals surface area contributed by atoms with Crippen molar-refractivity contribution in [1.82, 2.24) is 15.6 Å². The Hall–Kier alpha value is -2.39. The number of halogens is 1. The molecule has 0 fully saturated rings. The molecule has 0 saturated heterocycles. The number of guanidine groups is 1. The second-order valence-electron chi connectivity index (χ2n) is 6.17. The lowest BCUT2D eigenvalue weighted by atomic mass is 10.2. The number of aliphatic imine (C=N–C) groups is 1. The van der Waals surface area contributed by atoms with E-state index in [0.29, 0.717) is 32.2 Å². The first-order valence-electron chi connectivity index (χ1n) is 9.49. The van der Waals surface area contributed by atoms with Crippen molar-refractivity contribution in [3.8, 4) is 11.5 Å². The number of nitrogens with zero attached hydrogens (tertiary/aromatic N) is 2. The van der Waals surface area contributed by atoms with Gasteiger partial charge in [0.2, 0.25) is 5.89 Å². The van der Waals surface area contributed by atoms with Crippen molar-refractivity contribution in [3.05, 3.63) is 78.2 Å². The molecule has 3 rings (SSSR count). The predicted octanol–water partition coefficient (Wildman–Crippen LogP) is 4.23. The molecule has 0 radical (unpaired) electrons. The summed E-state index contributed by atoms with van der Waals surface area (Å²) in [4.78, 5) is 9.06. The molecule has 3 aromatic rings. The van der Waals surface area contributed by atoms with Gasteiger partial charge in [0, 0.05) is 18.7 Å². The molecule has 2 N–H and O–H groups in total. The average molecular weight is 506 g/mol. The Morgan fingerprint density at radius 3 is 2.48 bits per heavy atom. The molecular formula is C22H27IN4O2. The van der Waals surface area contributed by atoms with Gasteiger partial charge in [-0.25, -0.2) is 9.98 Å². The maximum Gasteiger partial charge on any atom is 0.226 e. The van der Waals surface area contributed by atoms with E-state index in [1.807, 2.05) is 55.5 Å². The lowest BCUT2D eigenvalue weighted by Gasteiger charge is -2.11. The molecule has 0 aliphatic rings. The summed E-state index contributed by atoms with van der Waals surface area (Å²) < 4.78 is 11.2. The zero-order valence-electron chi connectivity index (χ0n) is 16.5. The van der Waals surface area contributed by atoms with E-state index in [1.54, 1.807) is 6.26 Å². The van der Waals surface area contributed by atoms with Gasteiger partial charge in [0.1, 0.15) is 12.0 Å². The summed E-state index contributed by atoms with van der Waals surface area (Å²) in [5.74, 6) is 1.34. The van der Waals surface area contributed by atoms with Crippen LogP contribution < -0.4 is 10.6 Å². The molecule has 6 nitrogen and oxygen atoms in total. The van der Waals surface area contributed by atoms with Gasteiger partial charge in [-0.2, -0.15) is 0 Å². The lowest BCUT2D eigenvalue weighted by Crippen LogP contribution is -2.39. The summed E-state index contributed by atoms with van der Waals surface area (Å²) >= 11 is 0. The lowest BCUT2D eigenvalue weighted by molar-refractivity contribution is 0.125. The third-order valence-corrected chi connectivity index (χ3v) is 3.97. The standard InChI is InChI=1S/C22H26N4O2.HI/c1-2-23-22(24-13-14-27-16-18-9-5-3-6-10-18)25-15-20-17-28-21(26-20)19-11-7-4-8-12-19;/h3-12,17H,2,13-16H2,1H3,(H2,23,24,25);1H. The third-order valence-electron chi connectivity index (χ3n) is 3.97. The van der Waals surface area contributed by atoms with Crippen LogP contribution in [0.5, 0.6) is 0 Å². The average Bonchev–Trinajstić information content (AvgIpc) is 3.22. The number of hydrogen-bond donors (Lipinski definition) is 2. The van der Waals surface area contributed by atoms with Gasteiger partial charge in [-0.3, -0.25) is 0 Å². The smallest absolute Gasteiger partial charge is 0.226 e. The SMILES string of the molecule is CCNC(=NCc1coc(-c2ccccc2)n1)NCCOCc1ccccc1.I. The van der Waals surface area contributed by atoms with Crippen molar-refractivity contribution < 1.29 is 9.15 Å². The summed E-state index contributed by atoms with van der Waals surface area (Å²) in [6.45, 7) is 5.14. The Labute approximate surface area is 188 Å². The Kier molecular flexibility index (Phi) is 10.2. The van der Waals surface area contributed by atoms with Crippen molar-refractivity contribution >= 4 is 29.9 Å². The van der Waals surface area contributed by atoms with Crippen LogP contribution in [0.3, 0.4) is 0 Å². The fourth-order valence-electron chi connectivity index (χ4n) is 2.60. The Balaban J connectivity index is 0.00000300. The monoisotopic (exact) mass is 506 g/mol. The second-order valence-corrected chi connectivity index (χ2v) is 6.17. The van der Waals surface area contributed by atoms with Gasteiger partial charge < -0.3 is 19.8 Å². The molecule has 1 aromatic heterocycles. The quantitative estimate of drug-likeness (QED) is 0.197. The van der Waals surface area contributed by atoms with Gasteiger partial charge in [-0.15, -0.1) is 24.0 Å². The minimum Gasteiger partial charge on any atom is -0.444 e. The molecule has 29 heavy (non-hydrogen) atoms. The zero-order chi connectivity index (χ0) is 19.4. The van der Waals surface area contributed by atoms with Crippen molar-refractivity contribution in [2.24, 2.45) is 4.99 Å². The summed E-state index contributed by atoms with van der Waals surface area (Å²) in [6.07, 6.45) is 1.65. The number of ether oxygens (including phenoxy) is 1. The minimum absolute atomic E-state index is 0. The van der Waals surface area contributed by atoms with Crippen LogP contribution in [0.15, 0.2) is 76.3 Å². The molecule has 0 atom stereocenters. The molecule has 154 valence electrons. The van der Waals surface area contributed by atoms with E-state index in [2.05, 4.69) is 32.7 Å². The molecular weight excluding hydrogens is 479 g/mol. The minimum atomic E-state index is 0. The fraction of sp³-hybridized carbons (Fsp3) is 0.273. The maximum atomic E-state index is 5.69. The van der Waals surface area contributed by atoms with Crippen molar-refractivity contribution in [2.45, 2.75) is 20.1 Å². The van der Waals surface area contributed by atoms with E-state index in [-0.39, 0.29) is 24.0 Å². The molecule has 0 bridgehead atoms. The van der Waals surface area contributed by atoms with E-state index in [0.717, 1.165) is 23.8 Å². The third kappa shape index (κ3) is 7.86. The molecule has 0 aliphatic heterocycles. The maximum absolute atomic E-state index is 5.69. The van der Waals surface area contributed by atoms with E-state index < -0.39 is 0 Å². The van der Waals surface area contributed by atoms with E-state index in [1.165, 1.54) is 5.56 Å². The number of hydrogen-bond acceptors (Lipinski definition) is 4. The van der Waals surface area contributed by atoms with Crippen LogP contribution in [-0.4, -0.2) is 30.6 Å². The zero-order valence-corrected chi connectivity index (χ0v) is 18.8. The van der Waals surface area contributed by atoms with Gasteiger partial charge >= 0.3 is 0 Å². The first-order valence-corrected chi connectivity index (χ1v) is 9.49. The summed E-state index contributed by atoms with van der Waals surface area (Å²) in [5, 5.41) is 6.50. The highest BCUT2D eigenvalue weighted by Gasteiger charge is 2.06. The van der Waals surface area contributed by atoms with E-state index in [4.69, 9.17) is 9.15 Å². The topological polar surface area (TPSA) is 71.7 Å². The molecule has 0 unspecified atom stereocenters. The number of aromatic nitrogens is 1. The molecule has 0 spiro atoms. The van der Waals surface area contributed by atoms with Crippen LogP contribution in [0.1, 0.15) is 18.2 Å². The first kappa shape index (κ1) is 22.9. The van der Waals surface area contributed by atoms with Crippen LogP contribution in [0.25, 0.3) is 11.5 Å². The van der Waals surface area contributed by atoms with Crippen LogP contribution in [0.2, 0.25) is 0 Å². The number of nitrogens with one attached hydrogen (secondary N) is 2. The second kappa shape index (κ2) is 12.9. The highest BCUT2D eigenvalue weighted by atomic mass is 127. The molecule has 0 amide bonds. The molecule has 7 heteroatoms. The highest BCUT2D eigenvalue weighted by molar-refractivity contribution is 14.0.